The molecule has 0 radical (unpaired) electrons. The second-order valence-corrected chi connectivity index (χ2v) is 7.39. The molecule has 0 atom stereocenters. The summed E-state index contributed by atoms with van der Waals surface area (Å²) in [6, 6.07) is 5.91. The fourth-order valence-corrected chi connectivity index (χ4v) is 2.28. The van der Waals surface area contributed by atoms with Crippen molar-refractivity contribution >= 4 is 15.7 Å². The largest absolute Gasteiger partial charge is 0.381 e. The molecule has 0 aliphatic carbocycles. The third-order valence-electron chi connectivity index (χ3n) is 2.75. The molecule has 0 saturated heterocycles. The number of carbonyl (C=O) groups is 1. The Kier molecular flexibility index (Phi) is 6.84. The van der Waals surface area contributed by atoms with Crippen LogP contribution in [0.2, 0.25) is 0 Å². The highest BCUT2D eigenvalue weighted by Crippen LogP contribution is 2.10. The SMILES string of the molecule is CC(C)COCCCNC(=O)c1ccc(S(C)(=O)=O)cc1. The van der Waals surface area contributed by atoms with Crippen molar-refractivity contribution in [3.63, 3.8) is 0 Å². The molecule has 1 aromatic rings. The predicted octanol–water partition coefficient (Wildman–Crippen LogP) is 1.88. The lowest BCUT2D eigenvalue weighted by Crippen LogP contribution is -2.25. The first-order chi connectivity index (χ1) is 9.80. The maximum Gasteiger partial charge on any atom is 0.251 e. The fraction of sp³-hybridized carbons (Fsp3) is 0.533. The number of hydrogen-bond donors (Lipinski definition) is 1. The van der Waals surface area contributed by atoms with Gasteiger partial charge in [-0.2, -0.15) is 0 Å². The molecule has 1 aromatic carbocycles. The van der Waals surface area contributed by atoms with E-state index in [0.29, 0.717) is 24.6 Å². The summed E-state index contributed by atoms with van der Waals surface area (Å²) in [4.78, 5) is 12.1. The summed E-state index contributed by atoms with van der Waals surface area (Å²) in [5.41, 5.74) is 0.450. The van der Waals surface area contributed by atoms with Crippen molar-refractivity contribution in [3.05, 3.63) is 29.8 Å². The number of sulfone groups is 1. The van der Waals surface area contributed by atoms with Crippen molar-refractivity contribution in [2.24, 2.45) is 5.92 Å². The summed E-state index contributed by atoms with van der Waals surface area (Å²) in [6.07, 6.45) is 1.89. The number of ether oxygens (including phenoxy) is 1. The molecule has 0 bridgehead atoms. The number of rotatable bonds is 8. The first-order valence-corrected chi connectivity index (χ1v) is 8.86. The first-order valence-electron chi connectivity index (χ1n) is 6.97. The summed E-state index contributed by atoms with van der Waals surface area (Å²) < 4.78 is 28.1. The molecule has 5 nitrogen and oxygen atoms in total. The standard InChI is InChI=1S/C15H23NO4S/c1-12(2)11-20-10-4-9-16-15(17)13-5-7-14(8-6-13)21(3,18)19/h5-8,12H,4,9-11H2,1-3H3,(H,16,17). The fourth-order valence-electron chi connectivity index (χ4n) is 1.65. The van der Waals surface area contributed by atoms with Crippen LogP contribution >= 0.6 is 0 Å². The molecule has 0 heterocycles. The normalized spacial score (nSPS) is 11.6. The topological polar surface area (TPSA) is 72.5 Å². The van der Waals surface area contributed by atoms with E-state index < -0.39 is 9.84 Å². The Bertz CT molecular complexity index is 550. The molecule has 1 N–H and O–H groups in total. The molecule has 0 unspecified atom stereocenters. The van der Waals surface area contributed by atoms with Gasteiger partial charge in [0.1, 0.15) is 0 Å². The summed E-state index contributed by atoms with van der Waals surface area (Å²) in [5, 5.41) is 2.78. The highest BCUT2D eigenvalue weighted by molar-refractivity contribution is 7.90. The first kappa shape index (κ1) is 17.7. The van der Waals surface area contributed by atoms with E-state index in [2.05, 4.69) is 19.2 Å². The highest BCUT2D eigenvalue weighted by atomic mass is 32.2. The van der Waals surface area contributed by atoms with Gasteiger partial charge in [0, 0.05) is 31.6 Å². The van der Waals surface area contributed by atoms with Gasteiger partial charge < -0.3 is 10.1 Å². The van der Waals surface area contributed by atoms with Crippen LogP contribution < -0.4 is 5.32 Å². The van der Waals surface area contributed by atoms with E-state index in [1.165, 1.54) is 24.3 Å². The van der Waals surface area contributed by atoms with Crippen molar-refractivity contribution < 1.29 is 17.9 Å². The van der Waals surface area contributed by atoms with Crippen molar-refractivity contribution in [1.29, 1.82) is 0 Å². The van der Waals surface area contributed by atoms with E-state index in [0.717, 1.165) is 19.3 Å². The Labute approximate surface area is 126 Å². The van der Waals surface area contributed by atoms with Gasteiger partial charge in [-0.05, 0) is 36.6 Å². The Balaban J connectivity index is 2.36. The molecule has 6 heteroatoms. The smallest absolute Gasteiger partial charge is 0.251 e. The summed E-state index contributed by atoms with van der Waals surface area (Å²) >= 11 is 0. The van der Waals surface area contributed by atoms with E-state index in [1.807, 2.05) is 0 Å². The molecule has 1 amide bonds. The number of amides is 1. The van der Waals surface area contributed by atoms with E-state index >= 15 is 0 Å². The Morgan fingerprint density at radius 3 is 2.38 bits per heavy atom. The van der Waals surface area contributed by atoms with Crippen LogP contribution in [0.25, 0.3) is 0 Å². The number of benzene rings is 1. The van der Waals surface area contributed by atoms with Gasteiger partial charge in [-0.1, -0.05) is 13.8 Å². The molecule has 1 rings (SSSR count). The van der Waals surface area contributed by atoms with Crippen LogP contribution in [-0.2, 0) is 14.6 Å². The van der Waals surface area contributed by atoms with Crippen LogP contribution in [0.3, 0.4) is 0 Å². The summed E-state index contributed by atoms with van der Waals surface area (Å²) in [5.74, 6) is 0.298. The van der Waals surface area contributed by atoms with Gasteiger partial charge in [-0.3, -0.25) is 4.79 Å². The van der Waals surface area contributed by atoms with Gasteiger partial charge in [-0.15, -0.1) is 0 Å². The van der Waals surface area contributed by atoms with Gasteiger partial charge in [0.05, 0.1) is 4.90 Å². The monoisotopic (exact) mass is 313 g/mol. The average molecular weight is 313 g/mol. The van der Waals surface area contributed by atoms with Gasteiger partial charge >= 0.3 is 0 Å². The zero-order chi connectivity index (χ0) is 15.9. The molecule has 0 aliphatic heterocycles. The van der Waals surface area contributed by atoms with E-state index in [4.69, 9.17) is 4.74 Å². The Morgan fingerprint density at radius 1 is 1.24 bits per heavy atom. The lowest BCUT2D eigenvalue weighted by atomic mass is 10.2. The Morgan fingerprint density at radius 2 is 1.86 bits per heavy atom. The zero-order valence-corrected chi connectivity index (χ0v) is 13.6. The third-order valence-corrected chi connectivity index (χ3v) is 3.88. The van der Waals surface area contributed by atoms with Crippen molar-refractivity contribution in [2.75, 3.05) is 26.0 Å². The maximum atomic E-state index is 11.8. The van der Waals surface area contributed by atoms with Crippen molar-refractivity contribution in [1.82, 2.24) is 5.32 Å². The zero-order valence-electron chi connectivity index (χ0n) is 12.8. The van der Waals surface area contributed by atoms with Crippen LogP contribution in [0, 0.1) is 5.92 Å². The van der Waals surface area contributed by atoms with Gasteiger partial charge in [0.15, 0.2) is 9.84 Å². The van der Waals surface area contributed by atoms with Gasteiger partial charge in [0.25, 0.3) is 5.91 Å². The lowest BCUT2D eigenvalue weighted by Gasteiger charge is -2.08. The van der Waals surface area contributed by atoms with Crippen molar-refractivity contribution in [2.45, 2.75) is 25.2 Å². The minimum atomic E-state index is -3.23. The second kappa shape index (κ2) is 8.14. The number of nitrogens with one attached hydrogen (secondary N) is 1. The molecular weight excluding hydrogens is 290 g/mol. The number of carbonyl (C=O) groups excluding carboxylic acids is 1. The van der Waals surface area contributed by atoms with Crippen LogP contribution in [0.5, 0.6) is 0 Å². The van der Waals surface area contributed by atoms with Gasteiger partial charge in [0.2, 0.25) is 0 Å². The highest BCUT2D eigenvalue weighted by Gasteiger charge is 2.09. The quantitative estimate of drug-likeness (QED) is 0.744. The minimum absolute atomic E-state index is 0.209. The molecule has 21 heavy (non-hydrogen) atoms. The Hall–Kier alpha value is -1.40. The van der Waals surface area contributed by atoms with Crippen molar-refractivity contribution in [3.8, 4) is 0 Å². The minimum Gasteiger partial charge on any atom is -0.381 e. The lowest BCUT2D eigenvalue weighted by molar-refractivity contribution is 0.0925. The van der Waals surface area contributed by atoms with Crippen LogP contribution in [0.15, 0.2) is 29.2 Å². The summed E-state index contributed by atoms with van der Waals surface area (Å²) in [7, 11) is -3.23. The van der Waals surface area contributed by atoms with Gasteiger partial charge in [-0.25, -0.2) is 8.42 Å². The van der Waals surface area contributed by atoms with Crippen LogP contribution in [0.4, 0.5) is 0 Å². The predicted molar refractivity (Wildman–Crippen MR) is 82.2 cm³/mol. The maximum absolute atomic E-state index is 11.8. The van der Waals surface area contributed by atoms with E-state index in [9.17, 15) is 13.2 Å². The third kappa shape index (κ3) is 6.73. The van der Waals surface area contributed by atoms with Crippen LogP contribution in [-0.4, -0.2) is 40.3 Å². The van der Waals surface area contributed by atoms with Crippen LogP contribution in [0.1, 0.15) is 30.6 Å². The molecule has 0 aromatic heterocycles. The second-order valence-electron chi connectivity index (χ2n) is 5.37. The molecule has 0 spiro atoms. The summed E-state index contributed by atoms with van der Waals surface area (Å²) in [6.45, 7) is 6.04. The van der Waals surface area contributed by atoms with E-state index in [-0.39, 0.29) is 10.8 Å². The molecule has 0 saturated carbocycles. The molecule has 0 fully saturated rings. The molecule has 118 valence electrons. The average Bonchev–Trinajstić information content (AvgIpc) is 2.41. The number of hydrogen-bond acceptors (Lipinski definition) is 4. The van der Waals surface area contributed by atoms with E-state index in [1.54, 1.807) is 0 Å². The molecular formula is C15H23NO4S. The molecule has 0 aliphatic rings.